The SMILES string of the molecule is CC(c1cc2ccccc2o1)N(C)C(=O)NCCc1c[nH]c2cc(F)ccc12. The molecule has 1 atom stereocenters. The van der Waals surface area contributed by atoms with Crippen LogP contribution in [0.4, 0.5) is 9.18 Å². The maximum atomic E-state index is 13.3. The summed E-state index contributed by atoms with van der Waals surface area (Å²) in [5.74, 6) is 0.480. The van der Waals surface area contributed by atoms with Crippen LogP contribution < -0.4 is 5.32 Å². The predicted octanol–water partition coefficient (Wildman–Crippen LogP) is 5.00. The van der Waals surface area contributed by atoms with E-state index in [1.165, 1.54) is 12.1 Å². The lowest BCUT2D eigenvalue weighted by Crippen LogP contribution is -2.39. The minimum Gasteiger partial charge on any atom is -0.459 e. The standard InChI is InChI=1S/C22H22FN3O2/c1-14(21-11-15-5-3-4-6-20(15)28-21)26(2)22(27)24-10-9-16-13-25-19-12-17(23)7-8-18(16)19/h3-8,11-14,25H,9-10H2,1-2H3,(H,24,27). The number of furan rings is 1. The number of hydrogen-bond donors (Lipinski definition) is 2. The Hall–Kier alpha value is -3.28. The number of fused-ring (bicyclic) bond motifs is 2. The van der Waals surface area contributed by atoms with Crippen molar-refractivity contribution < 1.29 is 13.6 Å². The fourth-order valence-corrected chi connectivity index (χ4v) is 3.37. The van der Waals surface area contributed by atoms with Gasteiger partial charge in [0.2, 0.25) is 0 Å². The summed E-state index contributed by atoms with van der Waals surface area (Å²) in [5.41, 5.74) is 2.62. The third kappa shape index (κ3) is 3.45. The fraction of sp³-hybridized carbons (Fsp3) is 0.227. The van der Waals surface area contributed by atoms with E-state index in [-0.39, 0.29) is 17.9 Å². The van der Waals surface area contributed by atoms with Crippen LogP contribution in [0.25, 0.3) is 21.9 Å². The van der Waals surface area contributed by atoms with Gasteiger partial charge >= 0.3 is 6.03 Å². The zero-order valence-electron chi connectivity index (χ0n) is 15.8. The van der Waals surface area contributed by atoms with Crippen LogP contribution in [-0.2, 0) is 6.42 Å². The first-order valence-corrected chi connectivity index (χ1v) is 9.27. The highest BCUT2D eigenvalue weighted by Crippen LogP contribution is 2.26. The lowest BCUT2D eigenvalue weighted by molar-refractivity contribution is 0.188. The summed E-state index contributed by atoms with van der Waals surface area (Å²) >= 11 is 0. The smallest absolute Gasteiger partial charge is 0.317 e. The van der Waals surface area contributed by atoms with E-state index in [1.807, 2.05) is 43.5 Å². The Labute approximate surface area is 162 Å². The van der Waals surface area contributed by atoms with Crippen molar-refractivity contribution in [3.63, 3.8) is 0 Å². The molecule has 1 unspecified atom stereocenters. The van der Waals surface area contributed by atoms with Crippen molar-refractivity contribution >= 4 is 27.9 Å². The fourth-order valence-electron chi connectivity index (χ4n) is 3.37. The molecule has 0 radical (unpaired) electrons. The molecule has 5 nitrogen and oxygen atoms in total. The van der Waals surface area contributed by atoms with Crippen molar-refractivity contribution in [2.75, 3.05) is 13.6 Å². The van der Waals surface area contributed by atoms with Gasteiger partial charge in [-0.15, -0.1) is 0 Å². The van der Waals surface area contributed by atoms with Crippen LogP contribution in [0.3, 0.4) is 0 Å². The average molecular weight is 379 g/mol. The van der Waals surface area contributed by atoms with Gasteiger partial charge in [0.05, 0.1) is 6.04 Å². The van der Waals surface area contributed by atoms with Gasteiger partial charge in [-0.05, 0) is 49.2 Å². The van der Waals surface area contributed by atoms with Gasteiger partial charge < -0.3 is 19.6 Å². The molecule has 0 bridgehead atoms. The molecule has 2 amide bonds. The number of hydrogen-bond acceptors (Lipinski definition) is 2. The van der Waals surface area contributed by atoms with E-state index < -0.39 is 0 Å². The van der Waals surface area contributed by atoms with Crippen LogP contribution in [-0.4, -0.2) is 29.5 Å². The molecule has 4 aromatic rings. The number of aromatic amines is 1. The Bertz CT molecular complexity index is 1100. The number of halogens is 1. The average Bonchev–Trinajstić information content (AvgIpc) is 3.30. The molecule has 4 rings (SSSR count). The zero-order valence-corrected chi connectivity index (χ0v) is 15.8. The Morgan fingerprint density at radius 2 is 2.07 bits per heavy atom. The second-order valence-corrected chi connectivity index (χ2v) is 6.96. The van der Waals surface area contributed by atoms with Gasteiger partial charge in [0.15, 0.2) is 0 Å². The summed E-state index contributed by atoms with van der Waals surface area (Å²) in [4.78, 5) is 17.2. The molecule has 0 saturated carbocycles. The summed E-state index contributed by atoms with van der Waals surface area (Å²) in [6.07, 6.45) is 2.52. The van der Waals surface area contributed by atoms with E-state index in [1.54, 1.807) is 18.0 Å². The molecule has 28 heavy (non-hydrogen) atoms. The van der Waals surface area contributed by atoms with Crippen LogP contribution in [0.15, 0.2) is 59.1 Å². The van der Waals surface area contributed by atoms with Crippen molar-refractivity contribution in [1.82, 2.24) is 15.2 Å². The number of carbonyl (C=O) groups is 1. The van der Waals surface area contributed by atoms with Crippen molar-refractivity contribution in [2.45, 2.75) is 19.4 Å². The molecule has 2 aromatic heterocycles. The topological polar surface area (TPSA) is 61.3 Å². The monoisotopic (exact) mass is 379 g/mol. The van der Waals surface area contributed by atoms with Crippen LogP contribution >= 0.6 is 0 Å². The van der Waals surface area contributed by atoms with Crippen LogP contribution in [0.1, 0.15) is 24.3 Å². The third-order valence-electron chi connectivity index (χ3n) is 5.16. The first kappa shape index (κ1) is 18.1. The van der Waals surface area contributed by atoms with Gasteiger partial charge in [-0.3, -0.25) is 0 Å². The number of nitrogens with one attached hydrogen (secondary N) is 2. The van der Waals surface area contributed by atoms with E-state index in [2.05, 4.69) is 10.3 Å². The number of aromatic nitrogens is 1. The number of carbonyl (C=O) groups excluding carboxylic acids is 1. The number of urea groups is 1. The van der Waals surface area contributed by atoms with Gasteiger partial charge in [0.1, 0.15) is 17.2 Å². The molecular formula is C22H22FN3O2. The maximum Gasteiger partial charge on any atom is 0.317 e. The predicted molar refractivity (Wildman–Crippen MR) is 108 cm³/mol. The van der Waals surface area contributed by atoms with E-state index in [0.29, 0.717) is 13.0 Å². The van der Waals surface area contributed by atoms with Crippen LogP contribution in [0, 0.1) is 5.82 Å². The third-order valence-corrected chi connectivity index (χ3v) is 5.16. The lowest BCUT2D eigenvalue weighted by atomic mass is 10.1. The Balaban J connectivity index is 1.37. The molecule has 144 valence electrons. The highest BCUT2D eigenvalue weighted by molar-refractivity contribution is 5.83. The van der Waals surface area contributed by atoms with Crippen molar-refractivity contribution in [3.05, 3.63) is 71.9 Å². The lowest BCUT2D eigenvalue weighted by Gasteiger charge is -2.23. The number of rotatable bonds is 5. The molecule has 0 spiro atoms. The molecule has 2 aromatic carbocycles. The molecule has 2 heterocycles. The number of benzene rings is 2. The molecule has 0 saturated heterocycles. The molecule has 0 fully saturated rings. The van der Waals surface area contributed by atoms with Gasteiger partial charge in [0, 0.05) is 36.1 Å². The van der Waals surface area contributed by atoms with E-state index in [9.17, 15) is 9.18 Å². The normalized spacial score (nSPS) is 12.4. The van der Waals surface area contributed by atoms with E-state index >= 15 is 0 Å². The minimum absolute atomic E-state index is 0.168. The van der Waals surface area contributed by atoms with Crippen LogP contribution in [0.5, 0.6) is 0 Å². The van der Waals surface area contributed by atoms with Crippen molar-refractivity contribution in [1.29, 1.82) is 0 Å². The Morgan fingerprint density at radius 1 is 1.25 bits per heavy atom. The summed E-state index contributed by atoms with van der Waals surface area (Å²) in [7, 11) is 1.75. The summed E-state index contributed by atoms with van der Waals surface area (Å²) < 4.78 is 19.2. The first-order chi connectivity index (χ1) is 13.5. The maximum absolute atomic E-state index is 13.3. The highest BCUT2D eigenvalue weighted by atomic mass is 19.1. The summed E-state index contributed by atoms with van der Waals surface area (Å²) in [6, 6.07) is 14.1. The zero-order chi connectivity index (χ0) is 19.7. The van der Waals surface area contributed by atoms with Gasteiger partial charge in [0.25, 0.3) is 0 Å². The second kappa shape index (κ2) is 7.38. The molecule has 6 heteroatoms. The summed E-state index contributed by atoms with van der Waals surface area (Å²) in [5, 5.41) is 4.93. The molecule has 0 aliphatic heterocycles. The molecule has 2 N–H and O–H groups in total. The highest BCUT2D eigenvalue weighted by Gasteiger charge is 2.20. The number of H-pyrrole nitrogens is 1. The second-order valence-electron chi connectivity index (χ2n) is 6.96. The van der Waals surface area contributed by atoms with Gasteiger partial charge in [-0.2, -0.15) is 0 Å². The molecule has 0 aliphatic rings. The van der Waals surface area contributed by atoms with E-state index in [0.717, 1.165) is 33.2 Å². The van der Waals surface area contributed by atoms with Gasteiger partial charge in [-0.1, -0.05) is 18.2 Å². The number of nitrogens with zero attached hydrogens (tertiary/aromatic N) is 1. The Kier molecular flexibility index (Phi) is 4.77. The molecule has 0 aliphatic carbocycles. The Morgan fingerprint density at radius 3 is 2.89 bits per heavy atom. The molecular weight excluding hydrogens is 357 g/mol. The van der Waals surface area contributed by atoms with Gasteiger partial charge in [-0.25, -0.2) is 9.18 Å². The van der Waals surface area contributed by atoms with Crippen molar-refractivity contribution in [2.24, 2.45) is 0 Å². The quantitative estimate of drug-likeness (QED) is 0.513. The van der Waals surface area contributed by atoms with E-state index in [4.69, 9.17) is 4.42 Å². The number of amides is 2. The number of para-hydroxylation sites is 1. The summed E-state index contributed by atoms with van der Waals surface area (Å²) in [6.45, 7) is 2.42. The first-order valence-electron chi connectivity index (χ1n) is 9.27. The minimum atomic E-state index is -0.268. The van der Waals surface area contributed by atoms with Crippen LogP contribution in [0.2, 0.25) is 0 Å². The van der Waals surface area contributed by atoms with Crippen molar-refractivity contribution in [3.8, 4) is 0 Å². The largest absolute Gasteiger partial charge is 0.459 e.